The zero-order chi connectivity index (χ0) is 19.3. The van der Waals surface area contributed by atoms with Gasteiger partial charge < -0.3 is 9.64 Å². The van der Waals surface area contributed by atoms with E-state index in [9.17, 15) is 12.8 Å². The molecule has 0 spiro atoms. The Bertz CT molecular complexity index is 865. The smallest absolute Gasteiger partial charge is 0.243 e. The van der Waals surface area contributed by atoms with Gasteiger partial charge >= 0.3 is 0 Å². The summed E-state index contributed by atoms with van der Waals surface area (Å²) < 4.78 is 45.8. The zero-order valence-corrected chi connectivity index (χ0v) is 16.3. The number of halogens is 1. The van der Waals surface area contributed by atoms with Gasteiger partial charge in [0.15, 0.2) is 0 Å². The highest BCUT2D eigenvalue weighted by molar-refractivity contribution is 7.89. The quantitative estimate of drug-likeness (QED) is 0.680. The Kier molecular flexibility index (Phi) is 6.46. The van der Waals surface area contributed by atoms with E-state index in [0.717, 1.165) is 24.8 Å². The number of ether oxygens (including phenoxy) is 1. The first-order chi connectivity index (χ1) is 12.9. The number of piperazine rings is 1. The number of sulfonamides is 1. The second-order valence-electron chi connectivity index (χ2n) is 6.72. The van der Waals surface area contributed by atoms with Crippen LogP contribution < -0.4 is 4.74 Å². The first-order valence-electron chi connectivity index (χ1n) is 9.13. The van der Waals surface area contributed by atoms with E-state index in [4.69, 9.17) is 4.74 Å². The highest BCUT2D eigenvalue weighted by Gasteiger charge is 2.28. The lowest BCUT2D eigenvalue weighted by Gasteiger charge is -2.33. The highest BCUT2D eigenvalue weighted by atomic mass is 32.2. The predicted molar refractivity (Wildman–Crippen MR) is 103 cm³/mol. The van der Waals surface area contributed by atoms with Gasteiger partial charge in [0.1, 0.15) is 11.6 Å². The summed E-state index contributed by atoms with van der Waals surface area (Å²) in [5.41, 5.74) is 1.17. The van der Waals surface area contributed by atoms with E-state index in [1.54, 1.807) is 0 Å². The maximum Gasteiger partial charge on any atom is 0.243 e. The van der Waals surface area contributed by atoms with Gasteiger partial charge in [0.25, 0.3) is 0 Å². The van der Waals surface area contributed by atoms with Crippen LogP contribution in [0.3, 0.4) is 0 Å². The maximum absolute atomic E-state index is 13.3. The molecular formula is C20H25FN2O3S. The molecule has 146 valence electrons. The molecule has 0 amide bonds. The van der Waals surface area contributed by atoms with Crippen LogP contribution in [0.5, 0.6) is 5.75 Å². The van der Waals surface area contributed by atoms with Gasteiger partial charge in [0, 0.05) is 32.7 Å². The summed E-state index contributed by atoms with van der Waals surface area (Å²) >= 11 is 0. The van der Waals surface area contributed by atoms with Crippen LogP contribution in [0.1, 0.15) is 12.0 Å². The summed E-state index contributed by atoms with van der Waals surface area (Å²) in [7, 11) is -3.63. The molecule has 5 nitrogen and oxygen atoms in total. The first-order valence-corrected chi connectivity index (χ1v) is 10.6. The molecular weight excluding hydrogens is 367 g/mol. The Morgan fingerprint density at radius 2 is 1.78 bits per heavy atom. The van der Waals surface area contributed by atoms with Crippen LogP contribution in [0, 0.1) is 12.7 Å². The molecule has 27 heavy (non-hydrogen) atoms. The second-order valence-corrected chi connectivity index (χ2v) is 8.66. The lowest BCUT2D eigenvalue weighted by atomic mass is 10.2. The van der Waals surface area contributed by atoms with Crippen LogP contribution in [-0.4, -0.2) is 57.0 Å². The minimum Gasteiger partial charge on any atom is -0.494 e. The van der Waals surface area contributed by atoms with Gasteiger partial charge in [-0.3, -0.25) is 0 Å². The third-order valence-corrected chi connectivity index (χ3v) is 6.54. The number of hydrogen-bond donors (Lipinski definition) is 0. The standard InChI is InChI=1S/C20H25FN2O3S/c1-17-5-2-7-19(15-17)26-14-4-9-22-10-12-23(13-11-22)27(24,25)20-8-3-6-18(21)16-20/h2-3,5-8,15-16H,4,9-14H2,1H3. The van der Waals surface area contributed by atoms with Crippen molar-refractivity contribution in [2.45, 2.75) is 18.2 Å². The molecule has 3 rings (SSSR count). The minimum absolute atomic E-state index is 0.0162. The molecule has 0 aliphatic carbocycles. The second kappa shape index (κ2) is 8.82. The highest BCUT2D eigenvalue weighted by Crippen LogP contribution is 2.18. The predicted octanol–water partition coefficient (Wildman–Crippen LogP) is 2.91. The fourth-order valence-electron chi connectivity index (χ4n) is 3.15. The number of nitrogens with zero attached hydrogens (tertiary/aromatic N) is 2. The molecule has 0 bridgehead atoms. The summed E-state index contributed by atoms with van der Waals surface area (Å²) in [6.07, 6.45) is 0.880. The topological polar surface area (TPSA) is 49.9 Å². The normalized spacial score (nSPS) is 16.4. The van der Waals surface area contributed by atoms with Crippen LogP contribution in [0.4, 0.5) is 4.39 Å². The summed E-state index contributed by atoms with van der Waals surface area (Å²) in [6, 6.07) is 13.1. The Morgan fingerprint density at radius 1 is 1.04 bits per heavy atom. The SMILES string of the molecule is Cc1cccc(OCCCN2CCN(S(=O)(=O)c3cccc(F)c3)CC2)c1. The molecule has 0 radical (unpaired) electrons. The van der Waals surface area contributed by atoms with Crippen LogP contribution >= 0.6 is 0 Å². The average Bonchev–Trinajstić information content (AvgIpc) is 2.66. The summed E-state index contributed by atoms with van der Waals surface area (Å²) in [5.74, 6) is 0.337. The van der Waals surface area contributed by atoms with Crippen LogP contribution in [0.25, 0.3) is 0 Å². The van der Waals surface area contributed by atoms with Crippen molar-refractivity contribution in [3.8, 4) is 5.75 Å². The van der Waals surface area contributed by atoms with Crippen molar-refractivity contribution in [2.24, 2.45) is 0 Å². The van der Waals surface area contributed by atoms with E-state index in [1.807, 2.05) is 31.2 Å². The first kappa shape index (κ1) is 19.8. The number of benzene rings is 2. The van der Waals surface area contributed by atoms with Gasteiger partial charge in [0.2, 0.25) is 10.0 Å². The van der Waals surface area contributed by atoms with Gasteiger partial charge in [-0.1, -0.05) is 18.2 Å². The summed E-state index contributed by atoms with van der Waals surface area (Å²) in [6.45, 7) is 5.68. The van der Waals surface area contributed by atoms with E-state index in [-0.39, 0.29) is 4.90 Å². The molecule has 0 saturated carbocycles. The lowest BCUT2D eigenvalue weighted by Crippen LogP contribution is -2.48. The third-order valence-electron chi connectivity index (χ3n) is 4.64. The molecule has 0 atom stereocenters. The average molecular weight is 392 g/mol. The number of hydrogen-bond acceptors (Lipinski definition) is 4. The molecule has 0 aromatic heterocycles. The van der Waals surface area contributed by atoms with Crippen molar-refractivity contribution in [3.63, 3.8) is 0 Å². The molecule has 2 aromatic rings. The van der Waals surface area contributed by atoms with Crippen LogP contribution in [-0.2, 0) is 10.0 Å². The molecule has 0 N–H and O–H groups in total. The van der Waals surface area contributed by atoms with Gasteiger partial charge in [-0.05, 0) is 49.2 Å². The van der Waals surface area contributed by atoms with Crippen LogP contribution in [0.15, 0.2) is 53.4 Å². The molecule has 1 heterocycles. The van der Waals surface area contributed by atoms with Crippen LogP contribution in [0.2, 0.25) is 0 Å². The fourth-order valence-corrected chi connectivity index (χ4v) is 4.61. The van der Waals surface area contributed by atoms with E-state index in [1.165, 1.54) is 28.1 Å². The summed E-state index contributed by atoms with van der Waals surface area (Å²) in [4.78, 5) is 2.25. The number of rotatable bonds is 7. The molecule has 1 aliphatic rings. The van der Waals surface area contributed by atoms with Crippen molar-refractivity contribution in [1.82, 2.24) is 9.21 Å². The molecule has 0 unspecified atom stereocenters. The molecule has 2 aromatic carbocycles. The Morgan fingerprint density at radius 3 is 2.48 bits per heavy atom. The molecule has 1 fully saturated rings. The van der Waals surface area contributed by atoms with Crippen molar-refractivity contribution < 1.29 is 17.5 Å². The molecule has 1 aliphatic heterocycles. The van der Waals surface area contributed by atoms with Gasteiger partial charge in [-0.15, -0.1) is 0 Å². The van der Waals surface area contributed by atoms with E-state index in [0.29, 0.717) is 32.8 Å². The Labute approximate surface area is 160 Å². The zero-order valence-electron chi connectivity index (χ0n) is 15.5. The lowest BCUT2D eigenvalue weighted by molar-refractivity contribution is 0.174. The molecule has 7 heteroatoms. The fraction of sp³-hybridized carbons (Fsp3) is 0.400. The van der Waals surface area contributed by atoms with Crippen molar-refractivity contribution in [3.05, 3.63) is 59.9 Å². The van der Waals surface area contributed by atoms with Gasteiger partial charge in [-0.25, -0.2) is 12.8 Å². The van der Waals surface area contributed by atoms with E-state index < -0.39 is 15.8 Å². The van der Waals surface area contributed by atoms with E-state index >= 15 is 0 Å². The number of aryl methyl sites for hydroxylation is 1. The minimum atomic E-state index is -3.63. The monoisotopic (exact) mass is 392 g/mol. The maximum atomic E-state index is 13.3. The Hall–Kier alpha value is -1.96. The molecule has 1 saturated heterocycles. The van der Waals surface area contributed by atoms with Gasteiger partial charge in [-0.2, -0.15) is 4.31 Å². The largest absolute Gasteiger partial charge is 0.494 e. The van der Waals surface area contributed by atoms with E-state index in [2.05, 4.69) is 4.90 Å². The van der Waals surface area contributed by atoms with Crippen molar-refractivity contribution >= 4 is 10.0 Å². The summed E-state index contributed by atoms with van der Waals surface area (Å²) in [5, 5.41) is 0. The van der Waals surface area contributed by atoms with Crippen molar-refractivity contribution in [2.75, 3.05) is 39.3 Å². The van der Waals surface area contributed by atoms with Crippen molar-refractivity contribution in [1.29, 1.82) is 0 Å². The van der Waals surface area contributed by atoms with Gasteiger partial charge in [0.05, 0.1) is 11.5 Å². The third kappa shape index (κ3) is 5.28. The Balaban J connectivity index is 1.43.